The van der Waals surface area contributed by atoms with Crippen molar-refractivity contribution in [3.63, 3.8) is 0 Å². The minimum Gasteiger partial charge on any atom is -0.379 e. The monoisotopic (exact) mass is 293 g/mol. The van der Waals surface area contributed by atoms with Crippen LogP contribution in [0.2, 0.25) is 0 Å². The van der Waals surface area contributed by atoms with Gasteiger partial charge in [0.05, 0.1) is 12.1 Å². The third kappa shape index (κ3) is 5.10. The summed E-state index contributed by atoms with van der Waals surface area (Å²) in [5.74, 6) is 0.752. The highest BCUT2D eigenvalue weighted by molar-refractivity contribution is 5.15. The molecular formula is C19H35NO. The lowest BCUT2D eigenvalue weighted by molar-refractivity contribution is 0.0163. The van der Waals surface area contributed by atoms with Crippen molar-refractivity contribution in [2.75, 3.05) is 13.7 Å². The Morgan fingerprint density at radius 2 is 1.90 bits per heavy atom. The molecule has 1 saturated carbocycles. The van der Waals surface area contributed by atoms with E-state index in [1.54, 1.807) is 5.57 Å². The molecule has 2 heteroatoms. The highest BCUT2D eigenvalue weighted by Gasteiger charge is 2.32. The van der Waals surface area contributed by atoms with Crippen LogP contribution in [0.4, 0.5) is 0 Å². The lowest BCUT2D eigenvalue weighted by Gasteiger charge is -2.36. The van der Waals surface area contributed by atoms with E-state index in [0.717, 1.165) is 12.5 Å². The van der Waals surface area contributed by atoms with Gasteiger partial charge in [0.15, 0.2) is 0 Å². The Morgan fingerprint density at radius 3 is 2.62 bits per heavy atom. The van der Waals surface area contributed by atoms with Crippen molar-refractivity contribution in [2.45, 2.75) is 89.7 Å². The van der Waals surface area contributed by atoms with Gasteiger partial charge in [-0.2, -0.15) is 0 Å². The van der Waals surface area contributed by atoms with Crippen molar-refractivity contribution in [2.24, 2.45) is 5.92 Å². The van der Waals surface area contributed by atoms with Gasteiger partial charge in [0, 0.05) is 7.11 Å². The fourth-order valence-corrected chi connectivity index (χ4v) is 4.14. The molecule has 2 aliphatic rings. The standard InChI is InChI=1S/C19H35NO/c1-3-15-20-18(16-11-7-4-5-8-12-16)19(21-2)17-13-9-6-10-14-17/h11,17-20H,3-10,12-15H2,1-2H3. The maximum Gasteiger partial charge on any atom is 0.0790 e. The number of rotatable bonds is 7. The van der Waals surface area contributed by atoms with Gasteiger partial charge < -0.3 is 10.1 Å². The highest BCUT2D eigenvalue weighted by atomic mass is 16.5. The number of allylic oxidation sites excluding steroid dienone is 1. The summed E-state index contributed by atoms with van der Waals surface area (Å²) in [6, 6.07) is 0.455. The first-order valence-electron chi connectivity index (χ1n) is 9.32. The molecule has 122 valence electrons. The van der Waals surface area contributed by atoms with Gasteiger partial charge in [-0.15, -0.1) is 0 Å². The van der Waals surface area contributed by atoms with Gasteiger partial charge in [-0.1, -0.05) is 44.3 Å². The summed E-state index contributed by atoms with van der Waals surface area (Å²) in [6.07, 6.45) is 17.7. The molecule has 0 saturated heterocycles. The molecule has 0 heterocycles. The van der Waals surface area contributed by atoms with Crippen LogP contribution >= 0.6 is 0 Å². The smallest absolute Gasteiger partial charge is 0.0790 e. The second-order valence-corrected chi connectivity index (χ2v) is 6.91. The molecule has 2 unspecified atom stereocenters. The fraction of sp³-hybridized carbons (Fsp3) is 0.895. The Morgan fingerprint density at radius 1 is 1.14 bits per heavy atom. The normalized spacial score (nSPS) is 24.2. The van der Waals surface area contributed by atoms with Crippen LogP contribution in [0.15, 0.2) is 11.6 Å². The largest absolute Gasteiger partial charge is 0.379 e. The molecular weight excluding hydrogens is 258 g/mol. The molecule has 1 N–H and O–H groups in total. The Balaban J connectivity index is 2.08. The van der Waals surface area contributed by atoms with Crippen LogP contribution in [0.5, 0.6) is 0 Å². The van der Waals surface area contributed by atoms with E-state index < -0.39 is 0 Å². The number of ether oxygens (including phenoxy) is 1. The number of methoxy groups -OCH3 is 1. The fourth-order valence-electron chi connectivity index (χ4n) is 4.14. The number of hydrogen-bond acceptors (Lipinski definition) is 2. The third-order valence-corrected chi connectivity index (χ3v) is 5.30. The van der Waals surface area contributed by atoms with Crippen LogP contribution in [-0.4, -0.2) is 25.8 Å². The second-order valence-electron chi connectivity index (χ2n) is 6.91. The van der Waals surface area contributed by atoms with Crippen molar-refractivity contribution in [3.8, 4) is 0 Å². The first-order valence-corrected chi connectivity index (χ1v) is 9.32. The van der Waals surface area contributed by atoms with Gasteiger partial charge in [0.1, 0.15) is 0 Å². The number of hydrogen-bond donors (Lipinski definition) is 1. The van der Waals surface area contributed by atoms with Crippen molar-refractivity contribution in [1.82, 2.24) is 5.32 Å². The highest BCUT2D eigenvalue weighted by Crippen LogP contribution is 2.32. The zero-order chi connectivity index (χ0) is 14.9. The first-order chi connectivity index (χ1) is 10.4. The van der Waals surface area contributed by atoms with Gasteiger partial charge >= 0.3 is 0 Å². The molecule has 0 bridgehead atoms. The van der Waals surface area contributed by atoms with Crippen molar-refractivity contribution in [3.05, 3.63) is 11.6 Å². The maximum atomic E-state index is 6.04. The zero-order valence-electron chi connectivity index (χ0n) is 14.2. The lowest BCUT2D eigenvalue weighted by Crippen LogP contribution is -2.47. The molecule has 1 fully saturated rings. The van der Waals surface area contributed by atoms with Crippen molar-refractivity contribution < 1.29 is 4.74 Å². The topological polar surface area (TPSA) is 21.3 Å². The summed E-state index contributed by atoms with van der Waals surface area (Å²) in [6.45, 7) is 3.36. The summed E-state index contributed by atoms with van der Waals surface area (Å²) >= 11 is 0. The van der Waals surface area contributed by atoms with Crippen molar-refractivity contribution in [1.29, 1.82) is 0 Å². The van der Waals surface area contributed by atoms with E-state index >= 15 is 0 Å². The molecule has 21 heavy (non-hydrogen) atoms. The van der Waals surface area contributed by atoms with Gasteiger partial charge in [0.2, 0.25) is 0 Å². The van der Waals surface area contributed by atoms with E-state index in [2.05, 4.69) is 18.3 Å². The molecule has 2 aliphatic carbocycles. The predicted molar refractivity (Wildman–Crippen MR) is 90.6 cm³/mol. The maximum absolute atomic E-state index is 6.04. The Hall–Kier alpha value is -0.340. The van der Waals surface area contributed by atoms with Gasteiger partial charge in [-0.05, 0) is 57.4 Å². The van der Waals surface area contributed by atoms with E-state index in [0.29, 0.717) is 12.1 Å². The first kappa shape index (κ1) is 17.0. The van der Waals surface area contributed by atoms with E-state index in [4.69, 9.17) is 4.74 Å². The SMILES string of the molecule is CCCNC(C1=CCCCCC1)C(OC)C1CCCCC1. The second kappa shape index (κ2) is 9.63. The minimum absolute atomic E-state index is 0.376. The summed E-state index contributed by atoms with van der Waals surface area (Å²) in [7, 11) is 1.93. The van der Waals surface area contributed by atoms with E-state index in [-0.39, 0.29) is 0 Å². The minimum atomic E-state index is 0.376. The zero-order valence-corrected chi connectivity index (χ0v) is 14.2. The number of nitrogens with one attached hydrogen (secondary N) is 1. The van der Waals surface area contributed by atoms with Crippen LogP contribution in [0.1, 0.15) is 77.6 Å². The van der Waals surface area contributed by atoms with Crippen LogP contribution in [0.3, 0.4) is 0 Å². The molecule has 0 aliphatic heterocycles. The van der Waals surface area contributed by atoms with E-state index in [1.807, 2.05) is 7.11 Å². The van der Waals surface area contributed by atoms with Crippen LogP contribution in [0.25, 0.3) is 0 Å². The van der Waals surface area contributed by atoms with E-state index in [1.165, 1.54) is 70.6 Å². The molecule has 0 amide bonds. The van der Waals surface area contributed by atoms with Crippen molar-refractivity contribution >= 4 is 0 Å². The molecule has 2 atom stereocenters. The average molecular weight is 293 g/mol. The third-order valence-electron chi connectivity index (χ3n) is 5.30. The van der Waals surface area contributed by atoms with Gasteiger partial charge in [0.25, 0.3) is 0 Å². The van der Waals surface area contributed by atoms with Crippen LogP contribution in [-0.2, 0) is 4.74 Å². The molecule has 2 rings (SSSR count). The lowest BCUT2D eigenvalue weighted by atomic mass is 9.80. The summed E-state index contributed by atoms with van der Waals surface area (Å²) in [5.41, 5.74) is 1.64. The quantitative estimate of drug-likeness (QED) is 0.678. The van der Waals surface area contributed by atoms with Gasteiger partial charge in [-0.25, -0.2) is 0 Å². The Bertz CT molecular complexity index is 307. The molecule has 0 radical (unpaired) electrons. The van der Waals surface area contributed by atoms with Crippen LogP contribution in [0, 0.1) is 5.92 Å². The summed E-state index contributed by atoms with van der Waals surface area (Å²) in [4.78, 5) is 0. The molecule has 0 spiro atoms. The molecule has 0 aromatic rings. The average Bonchev–Trinajstić information content (AvgIpc) is 2.81. The van der Waals surface area contributed by atoms with Crippen LogP contribution < -0.4 is 5.32 Å². The van der Waals surface area contributed by atoms with Gasteiger partial charge in [-0.3, -0.25) is 0 Å². The Labute approximate surface area is 131 Å². The summed E-state index contributed by atoms with van der Waals surface area (Å²) < 4.78 is 6.04. The predicted octanol–water partition coefficient (Wildman–Crippen LogP) is 4.84. The Kier molecular flexibility index (Phi) is 7.81. The summed E-state index contributed by atoms with van der Waals surface area (Å²) in [5, 5.41) is 3.82. The molecule has 0 aromatic heterocycles. The molecule has 0 aromatic carbocycles. The van der Waals surface area contributed by atoms with E-state index in [9.17, 15) is 0 Å². The molecule has 2 nitrogen and oxygen atoms in total.